The zero-order valence-electron chi connectivity index (χ0n) is 17.3. The van der Waals surface area contributed by atoms with Gasteiger partial charge in [0.1, 0.15) is 18.0 Å². The summed E-state index contributed by atoms with van der Waals surface area (Å²) < 4.78 is 16.4. The first-order chi connectivity index (χ1) is 14.4. The third-order valence-electron chi connectivity index (χ3n) is 5.28. The van der Waals surface area contributed by atoms with E-state index < -0.39 is 0 Å². The van der Waals surface area contributed by atoms with Crippen LogP contribution in [0.5, 0.6) is 0 Å². The zero-order valence-corrected chi connectivity index (χ0v) is 17.3. The van der Waals surface area contributed by atoms with E-state index in [9.17, 15) is 4.39 Å². The van der Waals surface area contributed by atoms with Gasteiger partial charge in [-0.3, -0.25) is 4.40 Å². The highest BCUT2D eigenvalue weighted by Crippen LogP contribution is 2.38. The van der Waals surface area contributed by atoms with Crippen molar-refractivity contribution < 1.29 is 4.39 Å². The Kier molecular flexibility index (Phi) is 4.21. The Labute approximate surface area is 174 Å². The first kappa shape index (κ1) is 18.6. The molecule has 0 bridgehead atoms. The van der Waals surface area contributed by atoms with Gasteiger partial charge < -0.3 is 4.90 Å². The van der Waals surface area contributed by atoms with E-state index in [0.717, 1.165) is 36.0 Å². The van der Waals surface area contributed by atoms with Crippen molar-refractivity contribution in [2.45, 2.75) is 33.6 Å². The van der Waals surface area contributed by atoms with E-state index in [1.807, 2.05) is 12.1 Å². The Bertz CT molecular complexity index is 1340. The fourth-order valence-electron chi connectivity index (χ4n) is 3.98. The van der Waals surface area contributed by atoms with Crippen molar-refractivity contribution in [2.75, 3.05) is 11.4 Å². The third-order valence-corrected chi connectivity index (χ3v) is 5.28. The molecule has 0 spiro atoms. The monoisotopic (exact) mass is 399 g/mol. The van der Waals surface area contributed by atoms with Gasteiger partial charge in [-0.1, -0.05) is 24.0 Å². The molecule has 6 heteroatoms. The summed E-state index contributed by atoms with van der Waals surface area (Å²) >= 11 is 0. The highest BCUT2D eigenvalue weighted by Gasteiger charge is 2.24. The summed E-state index contributed by atoms with van der Waals surface area (Å²) in [5.74, 6) is 7.49. The Morgan fingerprint density at radius 3 is 2.77 bits per heavy atom. The highest BCUT2D eigenvalue weighted by atomic mass is 19.1. The summed E-state index contributed by atoms with van der Waals surface area (Å²) in [4.78, 5) is 6.92. The van der Waals surface area contributed by atoms with Gasteiger partial charge >= 0.3 is 0 Å². The minimum absolute atomic E-state index is 0.0644. The highest BCUT2D eigenvalue weighted by molar-refractivity contribution is 5.94. The van der Waals surface area contributed by atoms with Crippen LogP contribution in [0, 0.1) is 23.1 Å². The van der Waals surface area contributed by atoms with Crippen LogP contribution in [-0.2, 0) is 6.42 Å². The molecule has 3 heterocycles. The molecule has 0 N–H and O–H groups in total. The largest absolute Gasteiger partial charge is 0.325 e. The second-order valence-electron chi connectivity index (χ2n) is 8.63. The number of para-hydroxylation sites is 1. The lowest BCUT2D eigenvalue weighted by Crippen LogP contribution is -2.26. The molecular weight excluding hydrogens is 377 g/mol. The quantitative estimate of drug-likeness (QED) is 0.427. The van der Waals surface area contributed by atoms with E-state index in [1.165, 1.54) is 18.0 Å². The maximum atomic E-state index is 14.8. The van der Waals surface area contributed by atoms with Gasteiger partial charge in [-0.25, -0.2) is 4.39 Å². The topological polar surface area (TPSA) is 46.3 Å². The third kappa shape index (κ3) is 3.07. The van der Waals surface area contributed by atoms with Crippen molar-refractivity contribution >= 4 is 28.2 Å². The van der Waals surface area contributed by atoms with E-state index >= 15 is 0 Å². The van der Waals surface area contributed by atoms with Crippen molar-refractivity contribution in [1.29, 1.82) is 0 Å². The minimum Gasteiger partial charge on any atom is -0.325 e. The molecule has 150 valence electrons. The Balaban J connectivity index is 1.73. The number of aromatic nitrogens is 4. The molecule has 5 nitrogen and oxygen atoms in total. The number of rotatable bonds is 1. The molecule has 4 aromatic rings. The van der Waals surface area contributed by atoms with Crippen LogP contribution in [0.25, 0.3) is 16.7 Å². The fraction of sp³-hybridized carbons (Fsp3) is 0.292. The van der Waals surface area contributed by atoms with Gasteiger partial charge in [0.15, 0.2) is 0 Å². The van der Waals surface area contributed by atoms with Crippen LogP contribution < -0.4 is 4.90 Å². The normalized spacial score (nSPS) is 13.9. The van der Waals surface area contributed by atoms with Gasteiger partial charge in [0.25, 0.3) is 5.78 Å². The first-order valence-corrected chi connectivity index (χ1v) is 10.1. The van der Waals surface area contributed by atoms with Gasteiger partial charge in [-0.2, -0.15) is 4.98 Å². The molecule has 0 amide bonds. The molecule has 0 saturated carbocycles. The molecular formula is C24H22FN5. The summed E-state index contributed by atoms with van der Waals surface area (Å²) in [6.07, 6.45) is 3.43. The van der Waals surface area contributed by atoms with Crippen molar-refractivity contribution in [3.63, 3.8) is 0 Å². The average molecular weight is 399 g/mol. The lowest BCUT2D eigenvalue weighted by Gasteiger charge is -2.32. The molecule has 1 aliphatic rings. The molecule has 5 rings (SSSR count). The maximum absolute atomic E-state index is 14.8. The Morgan fingerprint density at radius 2 is 1.93 bits per heavy atom. The molecule has 2 aromatic carbocycles. The number of hydrogen-bond acceptors (Lipinski definition) is 4. The lowest BCUT2D eigenvalue weighted by atomic mass is 9.93. The van der Waals surface area contributed by atoms with E-state index in [1.54, 1.807) is 10.5 Å². The fourth-order valence-corrected chi connectivity index (χ4v) is 3.98. The van der Waals surface area contributed by atoms with Crippen molar-refractivity contribution in [3.8, 4) is 11.8 Å². The molecule has 0 atom stereocenters. The van der Waals surface area contributed by atoms with E-state index in [0.29, 0.717) is 17.1 Å². The molecule has 2 aromatic heterocycles. The summed E-state index contributed by atoms with van der Waals surface area (Å²) in [5, 5.41) is 8.75. The summed E-state index contributed by atoms with van der Waals surface area (Å²) in [6, 6.07) is 11.3. The van der Waals surface area contributed by atoms with Gasteiger partial charge in [0.05, 0.1) is 5.52 Å². The number of benzene rings is 2. The summed E-state index contributed by atoms with van der Waals surface area (Å²) in [7, 11) is 0. The van der Waals surface area contributed by atoms with Crippen LogP contribution in [-0.4, -0.2) is 26.1 Å². The standard InChI is InChI=1S/C24H22FN5/c1-24(2,3)13-12-16-7-4-11-20-17(16)9-6-14-29(20)22-18-8-5-10-19(25)21(18)30-15-26-28-23(30)27-22/h4-5,7-8,10-11,15H,6,9,14H2,1-3H3. The molecule has 0 unspecified atom stereocenters. The number of anilines is 2. The average Bonchev–Trinajstić information content (AvgIpc) is 3.19. The number of hydrogen-bond donors (Lipinski definition) is 0. The van der Waals surface area contributed by atoms with Crippen LogP contribution in [0.2, 0.25) is 0 Å². The minimum atomic E-state index is -0.317. The predicted molar refractivity (Wildman–Crippen MR) is 116 cm³/mol. The molecule has 30 heavy (non-hydrogen) atoms. The van der Waals surface area contributed by atoms with Crippen LogP contribution in [0.1, 0.15) is 38.3 Å². The number of halogens is 1. The van der Waals surface area contributed by atoms with Crippen LogP contribution in [0.4, 0.5) is 15.9 Å². The summed E-state index contributed by atoms with van der Waals surface area (Å²) in [6.45, 7) is 7.13. The smallest absolute Gasteiger partial charge is 0.257 e. The number of fused-ring (bicyclic) bond motifs is 4. The van der Waals surface area contributed by atoms with Crippen LogP contribution in [0.3, 0.4) is 0 Å². The summed E-state index contributed by atoms with van der Waals surface area (Å²) in [5.41, 5.74) is 3.71. The van der Waals surface area contributed by atoms with Gasteiger partial charge in [-0.05, 0) is 63.4 Å². The van der Waals surface area contributed by atoms with E-state index in [2.05, 4.69) is 59.8 Å². The van der Waals surface area contributed by atoms with E-state index in [4.69, 9.17) is 4.98 Å². The van der Waals surface area contributed by atoms with Gasteiger partial charge in [0.2, 0.25) is 0 Å². The van der Waals surface area contributed by atoms with Crippen LogP contribution in [0.15, 0.2) is 42.7 Å². The van der Waals surface area contributed by atoms with Crippen molar-refractivity contribution in [2.24, 2.45) is 5.41 Å². The van der Waals surface area contributed by atoms with Crippen molar-refractivity contribution in [1.82, 2.24) is 19.6 Å². The molecule has 0 fully saturated rings. The second-order valence-corrected chi connectivity index (χ2v) is 8.63. The maximum Gasteiger partial charge on any atom is 0.257 e. The zero-order chi connectivity index (χ0) is 20.9. The SMILES string of the molecule is CC(C)(C)C#Cc1cccc2c1CCCN2c1nc2nncn2c2c(F)cccc12. The Morgan fingerprint density at radius 1 is 1.10 bits per heavy atom. The van der Waals surface area contributed by atoms with Gasteiger partial charge in [-0.15, -0.1) is 10.2 Å². The first-order valence-electron chi connectivity index (χ1n) is 10.1. The second kappa shape index (κ2) is 6.81. The molecule has 0 saturated heterocycles. The Hall–Kier alpha value is -3.46. The van der Waals surface area contributed by atoms with Gasteiger partial charge in [0, 0.05) is 28.6 Å². The predicted octanol–water partition coefficient (Wildman–Crippen LogP) is 4.90. The van der Waals surface area contributed by atoms with Crippen LogP contribution >= 0.6 is 0 Å². The molecule has 1 aliphatic heterocycles. The van der Waals surface area contributed by atoms with Crippen molar-refractivity contribution in [3.05, 3.63) is 59.7 Å². The lowest BCUT2D eigenvalue weighted by molar-refractivity contribution is 0.571. The van der Waals surface area contributed by atoms with E-state index in [-0.39, 0.29) is 11.2 Å². The molecule has 0 aliphatic carbocycles. The number of nitrogens with zero attached hydrogens (tertiary/aromatic N) is 5. The molecule has 0 radical (unpaired) electrons.